The third-order valence-electron chi connectivity index (χ3n) is 4.83. The number of benzene rings is 1. The van der Waals surface area contributed by atoms with Crippen LogP contribution < -0.4 is 9.47 Å². The molecule has 0 saturated heterocycles. The van der Waals surface area contributed by atoms with Crippen LogP contribution in [0.5, 0.6) is 11.5 Å². The van der Waals surface area contributed by atoms with Gasteiger partial charge in [0.05, 0.1) is 13.7 Å². The molecule has 0 amide bonds. The maximum atomic E-state index is 11.0. The highest BCUT2D eigenvalue weighted by Crippen LogP contribution is 2.28. The van der Waals surface area contributed by atoms with Crippen LogP contribution >= 0.6 is 11.6 Å². The molecule has 154 valence electrons. The molecule has 0 aliphatic carbocycles. The van der Waals surface area contributed by atoms with E-state index < -0.39 is 0 Å². The van der Waals surface area contributed by atoms with Crippen LogP contribution in [-0.4, -0.2) is 19.0 Å². The van der Waals surface area contributed by atoms with Crippen LogP contribution in [0.4, 0.5) is 0 Å². The van der Waals surface area contributed by atoms with Crippen molar-refractivity contribution in [3.8, 4) is 11.5 Å². The van der Waals surface area contributed by atoms with Gasteiger partial charge in [-0.1, -0.05) is 83.6 Å². The van der Waals surface area contributed by atoms with Gasteiger partial charge >= 0.3 is 0 Å². The average molecular weight is 397 g/mol. The summed E-state index contributed by atoms with van der Waals surface area (Å²) >= 11 is 5.43. The van der Waals surface area contributed by atoms with Gasteiger partial charge in [0, 0.05) is 6.42 Å². The second-order valence-electron chi connectivity index (χ2n) is 7.25. The molecule has 3 nitrogen and oxygen atoms in total. The summed E-state index contributed by atoms with van der Waals surface area (Å²) < 4.78 is 11.2. The molecule has 0 unspecified atom stereocenters. The monoisotopic (exact) mass is 396 g/mol. The molecule has 0 bridgehead atoms. The molecule has 0 aliphatic rings. The molecule has 1 aromatic carbocycles. The Bertz CT molecular complexity index is 516. The fourth-order valence-corrected chi connectivity index (χ4v) is 3.38. The summed E-state index contributed by atoms with van der Waals surface area (Å²) in [4.78, 5) is 11.0. The Hall–Kier alpha value is -1.22. The van der Waals surface area contributed by atoms with Gasteiger partial charge in [-0.2, -0.15) is 0 Å². The number of hydrogen-bond acceptors (Lipinski definition) is 3. The summed E-state index contributed by atoms with van der Waals surface area (Å²) in [5.41, 5.74) is 0.838. The van der Waals surface area contributed by atoms with Gasteiger partial charge < -0.3 is 9.47 Å². The van der Waals surface area contributed by atoms with E-state index in [4.69, 9.17) is 21.1 Å². The number of rotatable bonds is 17. The van der Waals surface area contributed by atoms with Gasteiger partial charge in [0.15, 0.2) is 11.5 Å². The van der Waals surface area contributed by atoms with Gasteiger partial charge in [0.1, 0.15) is 0 Å². The van der Waals surface area contributed by atoms with E-state index in [0.29, 0.717) is 12.4 Å². The standard InChI is InChI=1S/C23H37ClO3/c1-3-4-5-6-7-8-9-10-11-12-13-14-17-27-21-16-15-20(19-23(24)25)18-22(21)26-2/h15-16,18H,3-14,17,19H2,1-2H3. The quantitative estimate of drug-likeness (QED) is 0.208. The van der Waals surface area contributed by atoms with E-state index in [1.807, 2.05) is 18.2 Å². The fourth-order valence-electron chi connectivity index (χ4n) is 3.23. The van der Waals surface area contributed by atoms with Crippen molar-refractivity contribution in [2.75, 3.05) is 13.7 Å². The zero-order valence-electron chi connectivity index (χ0n) is 17.2. The number of carbonyl (C=O) groups is 1. The van der Waals surface area contributed by atoms with E-state index in [1.54, 1.807) is 7.11 Å². The molecule has 0 radical (unpaired) electrons. The number of carbonyl (C=O) groups excluding carboxylic acids is 1. The highest BCUT2D eigenvalue weighted by atomic mass is 35.5. The molecule has 0 saturated carbocycles. The second kappa shape index (κ2) is 15.8. The van der Waals surface area contributed by atoms with Crippen molar-refractivity contribution in [1.29, 1.82) is 0 Å². The zero-order valence-corrected chi connectivity index (χ0v) is 18.0. The minimum absolute atomic E-state index is 0.205. The van der Waals surface area contributed by atoms with Crippen LogP contribution in [0, 0.1) is 0 Å². The Labute approximate surface area is 170 Å². The van der Waals surface area contributed by atoms with E-state index in [1.165, 1.54) is 70.6 Å². The molecule has 0 fully saturated rings. The van der Waals surface area contributed by atoms with E-state index in [-0.39, 0.29) is 11.7 Å². The number of ether oxygens (including phenoxy) is 2. The molecule has 27 heavy (non-hydrogen) atoms. The van der Waals surface area contributed by atoms with E-state index in [9.17, 15) is 4.79 Å². The van der Waals surface area contributed by atoms with Crippen LogP contribution in [0.1, 0.15) is 89.5 Å². The molecule has 1 rings (SSSR count). The molecule has 4 heteroatoms. The Morgan fingerprint density at radius 1 is 0.852 bits per heavy atom. The maximum absolute atomic E-state index is 11.0. The van der Waals surface area contributed by atoms with Crippen molar-refractivity contribution >= 4 is 16.8 Å². The maximum Gasteiger partial charge on any atom is 0.226 e. The Morgan fingerprint density at radius 3 is 1.93 bits per heavy atom. The number of methoxy groups -OCH3 is 1. The summed E-state index contributed by atoms with van der Waals surface area (Å²) in [7, 11) is 1.61. The van der Waals surface area contributed by atoms with Gasteiger partial charge in [0.25, 0.3) is 0 Å². The van der Waals surface area contributed by atoms with Crippen molar-refractivity contribution in [2.45, 2.75) is 90.4 Å². The van der Waals surface area contributed by atoms with Crippen molar-refractivity contribution in [2.24, 2.45) is 0 Å². The minimum Gasteiger partial charge on any atom is -0.493 e. The summed E-state index contributed by atoms with van der Waals surface area (Å²) in [5, 5.41) is -0.373. The molecule has 0 aliphatic heterocycles. The first-order chi connectivity index (χ1) is 13.2. The lowest BCUT2D eigenvalue weighted by Gasteiger charge is -2.12. The van der Waals surface area contributed by atoms with Crippen LogP contribution in [-0.2, 0) is 11.2 Å². The molecule has 0 atom stereocenters. The van der Waals surface area contributed by atoms with Gasteiger partial charge in [0.2, 0.25) is 5.24 Å². The first kappa shape index (κ1) is 23.8. The highest BCUT2D eigenvalue weighted by molar-refractivity contribution is 6.63. The van der Waals surface area contributed by atoms with Crippen molar-refractivity contribution < 1.29 is 14.3 Å². The number of halogens is 1. The van der Waals surface area contributed by atoms with Crippen LogP contribution in [0.3, 0.4) is 0 Å². The molecule has 0 N–H and O–H groups in total. The molecule has 0 spiro atoms. The van der Waals surface area contributed by atoms with Crippen molar-refractivity contribution in [3.63, 3.8) is 0 Å². The van der Waals surface area contributed by atoms with E-state index in [2.05, 4.69) is 6.92 Å². The van der Waals surface area contributed by atoms with Crippen LogP contribution in [0.2, 0.25) is 0 Å². The molecule has 0 heterocycles. The van der Waals surface area contributed by atoms with E-state index in [0.717, 1.165) is 17.7 Å². The normalized spacial score (nSPS) is 10.8. The minimum atomic E-state index is -0.373. The lowest BCUT2D eigenvalue weighted by molar-refractivity contribution is -0.111. The first-order valence-corrected chi connectivity index (χ1v) is 11.0. The summed E-state index contributed by atoms with van der Waals surface area (Å²) in [6.45, 7) is 2.96. The lowest BCUT2D eigenvalue weighted by Crippen LogP contribution is -2.01. The summed E-state index contributed by atoms with van der Waals surface area (Å²) in [6.07, 6.45) is 16.2. The smallest absolute Gasteiger partial charge is 0.226 e. The lowest BCUT2D eigenvalue weighted by atomic mass is 10.1. The largest absolute Gasteiger partial charge is 0.493 e. The Morgan fingerprint density at radius 2 is 1.41 bits per heavy atom. The fraction of sp³-hybridized carbons (Fsp3) is 0.696. The Kier molecular flexibility index (Phi) is 13.9. The van der Waals surface area contributed by atoms with Gasteiger partial charge in [-0.25, -0.2) is 0 Å². The Balaban J connectivity index is 2.05. The van der Waals surface area contributed by atoms with Gasteiger partial charge in [-0.05, 0) is 35.7 Å². The first-order valence-electron chi connectivity index (χ1n) is 10.7. The topological polar surface area (TPSA) is 35.5 Å². The van der Waals surface area contributed by atoms with Gasteiger partial charge in [-0.3, -0.25) is 4.79 Å². The predicted octanol–water partition coefficient (Wildman–Crippen LogP) is 7.08. The summed E-state index contributed by atoms with van der Waals surface area (Å²) in [5.74, 6) is 1.38. The van der Waals surface area contributed by atoms with Crippen molar-refractivity contribution in [3.05, 3.63) is 23.8 Å². The van der Waals surface area contributed by atoms with Crippen LogP contribution in [0.15, 0.2) is 18.2 Å². The number of hydrogen-bond donors (Lipinski definition) is 0. The highest BCUT2D eigenvalue weighted by Gasteiger charge is 2.07. The second-order valence-corrected chi connectivity index (χ2v) is 7.68. The third kappa shape index (κ3) is 12.0. The van der Waals surface area contributed by atoms with Crippen LogP contribution in [0.25, 0.3) is 0 Å². The predicted molar refractivity (Wildman–Crippen MR) is 114 cm³/mol. The molecular formula is C23H37ClO3. The molecular weight excluding hydrogens is 360 g/mol. The van der Waals surface area contributed by atoms with E-state index >= 15 is 0 Å². The third-order valence-corrected chi connectivity index (χ3v) is 4.96. The number of unbranched alkanes of at least 4 members (excludes halogenated alkanes) is 11. The average Bonchev–Trinajstić information content (AvgIpc) is 2.65. The van der Waals surface area contributed by atoms with Gasteiger partial charge in [-0.15, -0.1) is 0 Å². The molecule has 0 aromatic heterocycles. The zero-order chi connectivity index (χ0) is 19.7. The SMILES string of the molecule is CCCCCCCCCCCCCCOc1ccc(CC(=O)Cl)cc1OC. The van der Waals surface area contributed by atoms with Crippen molar-refractivity contribution in [1.82, 2.24) is 0 Å². The summed E-state index contributed by atoms with van der Waals surface area (Å²) in [6, 6.07) is 5.53. The molecule has 1 aromatic rings.